The first kappa shape index (κ1) is 21.8. The van der Waals surface area contributed by atoms with Gasteiger partial charge in [-0.2, -0.15) is 10.4 Å². The summed E-state index contributed by atoms with van der Waals surface area (Å²) in [5.41, 5.74) is -1.22. The maximum absolute atomic E-state index is 13.6. The molecule has 0 unspecified atom stereocenters. The molecule has 0 atom stereocenters. The lowest BCUT2D eigenvalue weighted by atomic mass is 10.2. The molecule has 0 saturated heterocycles. The fourth-order valence-electron chi connectivity index (χ4n) is 3.88. The summed E-state index contributed by atoms with van der Waals surface area (Å²) in [5.74, 6) is 0. The first-order valence-corrected chi connectivity index (χ1v) is 11.1. The van der Waals surface area contributed by atoms with Crippen molar-refractivity contribution in [2.75, 3.05) is 11.0 Å². The molecule has 168 valence electrons. The smallest absolute Gasteiger partial charge is 0.292 e. The van der Waals surface area contributed by atoms with Gasteiger partial charge in [0.05, 0.1) is 47.4 Å². The van der Waals surface area contributed by atoms with Gasteiger partial charge in [0.2, 0.25) is 10.9 Å². The van der Waals surface area contributed by atoms with Gasteiger partial charge in [-0.1, -0.05) is 0 Å². The molecule has 32 heavy (non-hydrogen) atoms. The van der Waals surface area contributed by atoms with Crippen molar-refractivity contribution in [3.8, 4) is 6.07 Å². The van der Waals surface area contributed by atoms with Crippen molar-refractivity contribution in [3.05, 3.63) is 57.0 Å². The van der Waals surface area contributed by atoms with E-state index in [9.17, 15) is 22.4 Å². The molecule has 2 aromatic heterocycles. The quantitative estimate of drug-likeness (QED) is 0.494. The van der Waals surface area contributed by atoms with Crippen LogP contribution in [-0.2, 0) is 31.0 Å². The number of fused-ring (bicyclic) bond motifs is 1. The Morgan fingerprint density at radius 1 is 1.28 bits per heavy atom. The second-order valence-electron chi connectivity index (χ2n) is 7.86. The molecule has 0 aliphatic heterocycles. The van der Waals surface area contributed by atoms with E-state index in [0.717, 1.165) is 8.87 Å². The van der Waals surface area contributed by atoms with E-state index >= 15 is 0 Å². The van der Waals surface area contributed by atoms with Crippen molar-refractivity contribution in [2.24, 2.45) is 7.05 Å². The van der Waals surface area contributed by atoms with Gasteiger partial charge in [-0.15, -0.1) is 0 Å². The van der Waals surface area contributed by atoms with E-state index in [0.29, 0.717) is 18.4 Å². The van der Waals surface area contributed by atoms with E-state index in [1.54, 1.807) is 17.9 Å². The zero-order valence-electron chi connectivity index (χ0n) is 17.3. The van der Waals surface area contributed by atoms with E-state index in [1.807, 2.05) is 6.07 Å². The van der Waals surface area contributed by atoms with Gasteiger partial charge in [0.1, 0.15) is 6.67 Å². The van der Waals surface area contributed by atoms with Gasteiger partial charge in [0.25, 0.3) is 5.56 Å². The molecule has 1 saturated carbocycles. The van der Waals surface area contributed by atoms with Crippen LogP contribution in [0.1, 0.15) is 24.8 Å². The largest absolute Gasteiger partial charge is 0.331 e. The highest BCUT2D eigenvalue weighted by Crippen LogP contribution is 2.45. The van der Waals surface area contributed by atoms with Gasteiger partial charge >= 0.3 is 5.69 Å². The summed E-state index contributed by atoms with van der Waals surface area (Å²) in [7, 11) is -1.43. The molecular weight excluding hydrogens is 439 g/mol. The average Bonchev–Trinajstić information content (AvgIpc) is 3.44. The molecule has 0 N–H and O–H groups in total. The number of hydrogen-bond donors (Lipinski definition) is 1. The van der Waals surface area contributed by atoms with E-state index in [1.165, 1.54) is 29.0 Å². The fraction of sp³-hybridized carbons (Fsp3) is 0.400. The van der Waals surface area contributed by atoms with Crippen LogP contribution in [0.3, 0.4) is 0 Å². The number of hydrogen-bond acceptors (Lipinski definition) is 6. The minimum Gasteiger partial charge on any atom is -0.292 e. The van der Waals surface area contributed by atoms with Gasteiger partial charge in [0, 0.05) is 25.4 Å². The Hall–Kier alpha value is -3.46. The highest BCUT2D eigenvalue weighted by atomic mass is 32.2. The van der Waals surface area contributed by atoms with Gasteiger partial charge in [-0.25, -0.2) is 17.6 Å². The minimum absolute atomic E-state index is 0.0355. The Labute approximate surface area is 183 Å². The molecule has 0 amide bonds. The lowest BCUT2D eigenvalue weighted by Crippen LogP contribution is -2.41. The molecule has 1 fully saturated rings. The standard InChI is InChI=1S/C20H21FN6O4S/c1-24-11-14(10-23-24)12-26-18(28)16-9-15(27(32(30)31)20(13-21)5-6-20)3-4-17(16)25(19(26)29)8-2-7-22/h3-4,9-11,32H,2,5-6,8,12-13H2,1H3. The summed E-state index contributed by atoms with van der Waals surface area (Å²) in [6.45, 7) is -0.806. The third kappa shape index (κ3) is 3.69. The third-order valence-electron chi connectivity index (χ3n) is 5.69. The number of aromatic nitrogens is 4. The van der Waals surface area contributed by atoms with Crippen LogP contribution < -0.4 is 15.6 Å². The van der Waals surface area contributed by atoms with Crippen LogP contribution in [0.25, 0.3) is 10.9 Å². The first-order valence-electron chi connectivity index (χ1n) is 9.94. The van der Waals surface area contributed by atoms with Crippen LogP contribution >= 0.6 is 0 Å². The van der Waals surface area contributed by atoms with Crippen molar-refractivity contribution in [3.63, 3.8) is 0 Å². The predicted octanol–water partition coefficient (Wildman–Crippen LogP) is 0.694. The number of halogens is 1. The number of nitriles is 1. The summed E-state index contributed by atoms with van der Waals surface area (Å²) < 4.78 is 42.4. The highest BCUT2D eigenvalue weighted by Gasteiger charge is 2.50. The maximum atomic E-state index is 13.6. The first-order chi connectivity index (χ1) is 15.3. The summed E-state index contributed by atoms with van der Waals surface area (Å²) in [5, 5.41) is 13.2. The Morgan fingerprint density at radius 3 is 2.59 bits per heavy atom. The second-order valence-corrected chi connectivity index (χ2v) is 8.74. The molecule has 0 radical (unpaired) electrons. The van der Waals surface area contributed by atoms with Crippen molar-refractivity contribution >= 4 is 27.5 Å². The van der Waals surface area contributed by atoms with Crippen LogP contribution in [0.4, 0.5) is 10.1 Å². The summed E-state index contributed by atoms with van der Waals surface area (Å²) in [4.78, 5) is 26.4. The molecule has 3 aromatic rings. The Bertz CT molecular complexity index is 1420. The number of aryl methyl sites for hydroxylation is 2. The second kappa shape index (κ2) is 8.23. The topological polar surface area (TPSA) is 123 Å². The number of benzene rings is 1. The molecule has 10 nitrogen and oxygen atoms in total. The van der Waals surface area contributed by atoms with Gasteiger partial charge in [0.15, 0.2) is 0 Å². The fourth-order valence-corrected chi connectivity index (χ4v) is 4.80. The summed E-state index contributed by atoms with van der Waals surface area (Å²) in [6, 6.07) is 6.29. The molecule has 4 rings (SSSR count). The number of thiol groups is 1. The minimum atomic E-state index is -3.14. The van der Waals surface area contributed by atoms with E-state index in [2.05, 4.69) is 5.10 Å². The van der Waals surface area contributed by atoms with Crippen LogP contribution in [0, 0.1) is 11.3 Å². The third-order valence-corrected chi connectivity index (χ3v) is 6.67. The predicted molar refractivity (Wildman–Crippen MR) is 116 cm³/mol. The molecule has 0 spiro atoms. The van der Waals surface area contributed by atoms with Gasteiger partial charge in [-0.05, 0) is 31.0 Å². The number of nitrogens with zero attached hydrogens (tertiary/aromatic N) is 6. The Balaban J connectivity index is 1.93. The van der Waals surface area contributed by atoms with Crippen molar-refractivity contribution < 1.29 is 12.8 Å². The molecule has 1 aliphatic rings. The lowest BCUT2D eigenvalue weighted by molar-refractivity contribution is 0.417. The van der Waals surface area contributed by atoms with Crippen molar-refractivity contribution in [1.29, 1.82) is 5.26 Å². The Kier molecular flexibility index (Phi) is 5.60. The lowest BCUT2D eigenvalue weighted by Gasteiger charge is -2.26. The van der Waals surface area contributed by atoms with Crippen molar-refractivity contribution in [2.45, 2.75) is 37.9 Å². The zero-order valence-corrected chi connectivity index (χ0v) is 18.2. The number of anilines is 1. The highest BCUT2D eigenvalue weighted by molar-refractivity contribution is 7.74. The number of rotatable bonds is 8. The molecule has 1 aromatic carbocycles. The van der Waals surface area contributed by atoms with Gasteiger partial charge in [-0.3, -0.25) is 22.9 Å². The average molecular weight is 460 g/mol. The van der Waals surface area contributed by atoms with E-state index < -0.39 is 34.4 Å². The van der Waals surface area contributed by atoms with Crippen LogP contribution in [0.2, 0.25) is 0 Å². The Morgan fingerprint density at radius 2 is 2.03 bits per heavy atom. The monoisotopic (exact) mass is 460 g/mol. The summed E-state index contributed by atoms with van der Waals surface area (Å²) >= 11 is 0. The maximum Gasteiger partial charge on any atom is 0.331 e. The van der Waals surface area contributed by atoms with Crippen LogP contribution in [-0.4, -0.2) is 39.5 Å². The van der Waals surface area contributed by atoms with Gasteiger partial charge < -0.3 is 0 Å². The number of alkyl halides is 1. The van der Waals surface area contributed by atoms with Crippen LogP contribution in [0.5, 0.6) is 0 Å². The molecular formula is C20H21FN6O4S. The molecule has 2 heterocycles. The molecule has 0 bridgehead atoms. The van der Waals surface area contributed by atoms with Crippen molar-refractivity contribution in [1.82, 2.24) is 18.9 Å². The SMILES string of the molecule is Cn1cc(Cn2c(=O)c3cc(N([SH](=O)=O)C4(CF)CC4)ccc3n(CCC#N)c2=O)cn1. The molecule has 12 heteroatoms. The zero-order chi connectivity index (χ0) is 23.0. The van der Waals surface area contributed by atoms with Crippen LogP contribution in [0.15, 0.2) is 40.2 Å². The normalized spacial score (nSPS) is 14.6. The molecule has 1 aliphatic carbocycles. The summed E-state index contributed by atoms with van der Waals surface area (Å²) in [6.07, 6.45) is 4.03. The van der Waals surface area contributed by atoms with E-state index in [-0.39, 0.29) is 36.1 Å². The van der Waals surface area contributed by atoms with E-state index in [4.69, 9.17) is 5.26 Å².